The van der Waals surface area contributed by atoms with Crippen molar-refractivity contribution in [2.45, 2.75) is 101 Å². The van der Waals surface area contributed by atoms with Crippen molar-refractivity contribution in [2.75, 3.05) is 20.3 Å². The largest absolute Gasteiger partial charge is 0.495 e. The molecule has 0 radical (unpaired) electrons. The summed E-state index contributed by atoms with van der Waals surface area (Å²) in [4.78, 5) is 53.0. The van der Waals surface area contributed by atoms with Crippen LogP contribution in [-0.2, 0) is 29.1 Å². The number of halogens is 1. The van der Waals surface area contributed by atoms with Crippen LogP contribution in [0.2, 0.25) is 5.02 Å². The number of sulfonamides is 1. The molecule has 2 aliphatic carbocycles. The maximum atomic E-state index is 14.3. The Kier molecular flexibility index (Phi) is 10.5. The van der Waals surface area contributed by atoms with Gasteiger partial charge in [0.1, 0.15) is 51.0 Å². The summed E-state index contributed by atoms with van der Waals surface area (Å²) in [6.07, 6.45) is 5.88. The molecule has 2 aromatic heterocycles. The van der Waals surface area contributed by atoms with E-state index in [0.717, 1.165) is 12.1 Å². The maximum absolute atomic E-state index is 14.3. The molecule has 16 heteroatoms. The maximum Gasteiger partial charge on any atom is 0.259 e. The number of benzene rings is 1. The van der Waals surface area contributed by atoms with E-state index in [1.165, 1.54) is 23.3 Å². The second-order valence-corrected chi connectivity index (χ2v) is 17.8. The Labute approximate surface area is 317 Å². The van der Waals surface area contributed by atoms with Crippen molar-refractivity contribution in [3.05, 3.63) is 46.4 Å². The van der Waals surface area contributed by atoms with E-state index in [0.29, 0.717) is 70.4 Å². The van der Waals surface area contributed by atoms with Gasteiger partial charge in [0.05, 0.1) is 30.1 Å². The van der Waals surface area contributed by atoms with Gasteiger partial charge in [0.15, 0.2) is 0 Å². The number of hydrogen-bond donors (Lipinski definition) is 2. The first-order valence-electron chi connectivity index (χ1n) is 18.1. The molecule has 2 N–H and O–H groups in total. The number of ether oxygens (including phenoxy) is 3. The minimum Gasteiger partial charge on any atom is -0.495 e. The van der Waals surface area contributed by atoms with Crippen molar-refractivity contribution in [3.63, 3.8) is 0 Å². The SMILES string of the molecule is COc1ccc2c(OC3CC4C(=O)NC5(C(=O)NS(=O)(=O)C6CC6)CC5C=CCCCCOC(C)C(=O)N4C3)cc(-c3nc(C(C)C)cs3)nc2c1Cl. The first-order valence-corrected chi connectivity index (χ1v) is 20.9. The lowest BCUT2D eigenvalue weighted by Crippen LogP contribution is -2.57. The van der Waals surface area contributed by atoms with Gasteiger partial charge in [-0.25, -0.2) is 18.4 Å². The number of hydrogen-bond acceptors (Lipinski definition) is 11. The Morgan fingerprint density at radius 1 is 1.19 bits per heavy atom. The van der Waals surface area contributed by atoms with E-state index in [4.69, 9.17) is 35.8 Å². The van der Waals surface area contributed by atoms with Crippen LogP contribution in [0.4, 0.5) is 0 Å². The molecule has 1 aromatic carbocycles. The van der Waals surface area contributed by atoms with Gasteiger partial charge in [-0.2, -0.15) is 0 Å². The quantitative estimate of drug-likeness (QED) is 0.293. The van der Waals surface area contributed by atoms with Crippen molar-refractivity contribution in [1.82, 2.24) is 24.9 Å². The number of rotatable bonds is 8. The number of aromatic nitrogens is 2. The molecule has 0 bridgehead atoms. The second kappa shape index (κ2) is 14.8. The molecule has 3 amide bonds. The monoisotopic (exact) mass is 785 g/mol. The van der Waals surface area contributed by atoms with Gasteiger partial charge in [-0.15, -0.1) is 11.3 Å². The smallest absolute Gasteiger partial charge is 0.259 e. The van der Waals surface area contributed by atoms with Crippen LogP contribution in [0, 0.1) is 5.92 Å². The van der Waals surface area contributed by atoms with Crippen molar-refractivity contribution in [2.24, 2.45) is 5.92 Å². The van der Waals surface area contributed by atoms with Gasteiger partial charge in [0.2, 0.25) is 15.9 Å². The van der Waals surface area contributed by atoms with Crippen LogP contribution in [0.3, 0.4) is 0 Å². The normalized spacial score (nSPS) is 26.7. The van der Waals surface area contributed by atoms with Crippen molar-refractivity contribution < 1.29 is 37.0 Å². The van der Waals surface area contributed by atoms with Gasteiger partial charge in [-0.05, 0) is 63.5 Å². The summed E-state index contributed by atoms with van der Waals surface area (Å²) >= 11 is 8.24. The van der Waals surface area contributed by atoms with Crippen LogP contribution < -0.4 is 19.5 Å². The van der Waals surface area contributed by atoms with E-state index in [-0.39, 0.29) is 31.2 Å². The van der Waals surface area contributed by atoms with Crippen LogP contribution in [0.15, 0.2) is 35.7 Å². The third-order valence-electron chi connectivity index (χ3n) is 10.4. The van der Waals surface area contributed by atoms with Gasteiger partial charge >= 0.3 is 0 Å². The molecule has 7 rings (SSSR count). The minimum atomic E-state index is -3.86. The Bertz CT molecular complexity index is 2070. The number of carbonyl (C=O) groups excluding carboxylic acids is 3. The lowest BCUT2D eigenvalue weighted by atomic mass is 10.1. The number of fused-ring (bicyclic) bond motifs is 3. The molecule has 4 aliphatic rings. The van der Waals surface area contributed by atoms with E-state index in [2.05, 4.69) is 23.9 Å². The number of pyridine rings is 1. The number of nitrogens with zero attached hydrogens (tertiary/aromatic N) is 3. The molecule has 3 fully saturated rings. The molecule has 5 atom stereocenters. The highest BCUT2D eigenvalue weighted by Crippen LogP contribution is 2.46. The molecule has 13 nitrogen and oxygen atoms in total. The molecule has 3 aromatic rings. The molecule has 0 spiro atoms. The Morgan fingerprint density at radius 2 is 1.98 bits per heavy atom. The van der Waals surface area contributed by atoms with Gasteiger partial charge in [-0.1, -0.05) is 37.6 Å². The highest BCUT2D eigenvalue weighted by molar-refractivity contribution is 7.91. The van der Waals surface area contributed by atoms with Gasteiger partial charge in [-0.3, -0.25) is 19.1 Å². The molecule has 284 valence electrons. The second-order valence-electron chi connectivity index (χ2n) is 14.6. The van der Waals surface area contributed by atoms with Crippen LogP contribution in [-0.4, -0.2) is 90.3 Å². The topological polar surface area (TPSA) is 166 Å². The Morgan fingerprint density at radius 3 is 2.70 bits per heavy atom. The molecule has 2 aliphatic heterocycles. The summed E-state index contributed by atoms with van der Waals surface area (Å²) in [5.74, 6) is -1.02. The summed E-state index contributed by atoms with van der Waals surface area (Å²) in [5.41, 5.74) is 0.466. The average Bonchev–Trinajstić information content (AvgIpc) is 4.00. The highest BCUT2D eigenvalue weighted by atomic mass is 35.5. The van der Waals surface area contributed by atoms with Crippen molar-refractivity contribution in [1.29, 1.82) is 0 Å². The summed E-state index contributed by atoms with van der Waals surface area (Å²) in [6, 6.07) is 4.29. The van der Waals surface area contributed by atoms with E-state index >= 15 is 0 Å². The Hall–Kier alpha value is -3.79. The van der Waals surface area contributed by atoms with Crippen LogP contribution in [0.25, 0.3) is 21.6 Å². The zero-order valence-corrected chi connectivity index (χ0v) is 32.5. The van der Waals surface area contributed by atoms with Gasteiger partial charge in [0, 0.05) is 35.8 Å². The van der Waals surface area contributed by atoms with Crippen molar-refractivity contribution in [3.8, 4) is 22.2 Å². The molecule has 2 saturated carbocycles. The molecular formula is C37H44ClN5O8S2. The fourth-order valence-electron chi connectivity index (χ4n) is 6.95. The molecule has 4 heterocycles. The fraction of sp³-hybridized carbons (Fsp3) is 0.541. The van der Waals surface area contributed by atoms with E-state index < -0.39 is 56.8 Å². The van der Waals surface area contributed by atoms with E-state index in [1.807, 2.05) is 17.5 Å². The first-order chi connectivity index (χ1) is 25.3. The van der Waals surface area contributed by atoms with Crippen LogP contribution >= 0.6 is 22.9 Å². The molecule has 1 saturated heterocycles. The number of thiazole rings is 1. The predicted octanol–water partition coefficient (Wildman–Crippen LogP) is 5.12. The van der Waals surface area contributed by atoms with Crippen LogP contribution in [0.1, 0.15) is 77.3 Å². The number of amides is 3. The average molecular weight is 786 g/mol. The lowest BCUT2D eigenvalue weighted by Gasteiger charge is -2.28. The number of methoxy groups -OCH3 is 1. The third-order valence-corrected chi connectivity index (χ3v) is 13.4. The molecule has 53 heavy (non-hydrogen) atoms. The standard InChI is InChI=1S/C37H44ClN5O8S2/c1-20(2)27-19-52-34(40-27)26-16-30(25-12-13-29(49-4)31(38)32(25)39-26)51-23-15-28-33(44)41-37(36(46)42-53(47,48)24-10-11-24)17-22(37)9-7-5-6-8-14-50-21(3)35(45)43(28)18-23/h7,9,12-13,16,19-24,28H,5-6,8,10-11,14-15,17-18H2,1-4H3,(H,41,44)(H,42,46). The van der Waals surface area contributed by atoms with E-state index in [9.17, 15) is 22.8 Å². The third kappa shape index (κ3) is 7.62. The van der Waals surface area contributed by atoms with Gasteiger partial charge < -0.3 is 24.4 Å². The zero-order chi connectivity index (χ0) is 37.7. The number of nitrogens with one attached hydrogen (secondary N) is 2. The first kappa shape index (κ1) is 37.5. The zero-order valence-electron chi connectivity index (χ0n) is 30.1. The summed E-state index contributed by atoms with van der Waals surface area (Å²) < 4.78 is 45.9. The van der Waals surface area contributed by atoms with Crippen LogP contribution in [0.5, 0.6) is 11.5 Å². The number of allylic oxidation sites excluding steroid dienone is 1. The number of carbonyl (C=O) groups is 3. The molecule has 5 unspecified atom stereocenters. The minimum absolute atomic E-state index is 0.0565. The van der Waals surface area contributed by atoms with Crippen molar-refractivity contribution >= 4 is 61.6 Å². The lowest BCUT2D eigenvalue weighted by molar-refractivity contribution is -0.147. The summed E-state index contributed by atoms with van der Waals surface area (Å²) in [7, 11) is -2.34. The summed E-state index contributed by atoms with van der Waals surface area (Å²) in [6.45, 7) is 6.21. The summed E-state index contributed by atoms with van der Waals surface area (Å²) in [5, 5.41) is 5.87. The fourth-order valence-corrected chi connectivity index (χ4v) is 9.54. The predicted molar refractivity (Wildman–Crippen MR) is 201 cm³/mol. The highest BCUT2D eigenvalue weighted by Gasteiger charge is 2.62. The van der Waals surface area contributed by atoms with Gasteiger partial charge in [0.25, 0.3) is 11.8 Å². The van der Waals surface area contributed by atoms with E-state index in [1.54, 1.807) is 25.1 Å². The Balaban J connectivity index is 1.21. The molecular weight excluding hydrogens is 742 g/mol.